The molecule has 5 rings (SSSR count). The Morgan fingerprint density at radius 1 is 0.903 bits per heavy atom. The molecule has 1 amide bonds. The van der Waals surface area contributed by atoms with E-state index in [2.05, 4.69) is 5.32 Å². The number of nitrogens with one attached hydrogen (secondary N) is 1. The number of cyclic esters (lactones) is 1. The summed E-state index contributed by atoms with van der Waals surface area (Å²) in [4.78, 5) is 58.6. The highest BCUT2D eigenvalue weighted by Crippen LogP contribution is 2.38. The Bertz CT molecular complexity index is 2070. The molecule has 0 radical (unpaired) electrons. The van der Waals surface area contributed by atoms with Gasteiger partial charge in [0.15, 0.2) is 5.78 Å². The highest BCUT2D eigenvalue weighted by Gasteiger charge is 2.53. The fourth-order valence-corrected chi connectivity index (χ4v) is 11.1. The fraction of sp³-hybridized carbons (Fsp3) is 0.684. The lowest BCUT2D eigenvalue weighted by Gasteiger charge is -2.43. The molecule has 1 saturated carbocycles. The lowest BCUT2D eigenvalue weighted by Crippen LogP contribution is -2.61. The molecule has 15 atom stereocenters. The molecule has 3 aliphatic heterocycles. The average Bonchev–Trinajstić information content (AvgIpc) is 3.35. The van der Waals surface area contributed by atoms with Crippen molar-refractivity contribution < 1.29 is 58.2 Å². The second-order valence-electron chi connectivity index (χ2n) is 21.3. The smallest absolute Gasteiger partial charge is 0.329 e. The molecule has 0 aromatic heterocycles. The van der Waals surface area contributed by atoms with Crippen LogP contribution >= 0.6 is 0 Å². The number of fused-ring (bicyclic) bond motifs is 3. The van der Waals surface area contributed by atoms with Crippen LogP contribution in [0.4, 0.5) is 5.69 Å². The SMILES string of the molecule is CCOc1cccc(N[C@H]2C[C@@H]3CCC(C)[C@@](O)(O3)C(=O)C(=O)N3CCCC[C@H]3C(=O)O[C@H]([C@H](C)C[C@@H]3CC[C@@H](O)[C@H](OC)C3)CC[C@H](N)/C=C(\C)[C@@H](O)[C@@H](OC)C(=O)[C@H](C)C[C@H](C)/C=C/C=C/C=C/2C)c1. The standard InChI is InChI=1S/C57H87N3O12/c1-10-70-44-20-16-19-43(33-44)59-46-34-45-25-22-40(7)57(67,72-45)54(64)55(65)60-28-15-14-21-47(60)56(66)71-49(37(4)30-41-23-26-48(61)50(32-41)68-8)27-24-42(58)31-39(6)52(63)53(69-9)51(62)38(5)29-35(2)17-12-11-13-18-36(46)3/h11-13,16-20,31,33,35,37-38,40-42,45-50,52-53,59,61,63,67H,10,14-15,21-30,32,34,58H2,1-9H3/b13-11+,17-12+,36-18+,39-31+/t35-,37-,38-,40?,41+,42+,45+,46+,47+,48-,49+,50-,52-,53+,57-/m1/s1. The number of nitrogens with zero attached hydrogens (tertiary/aromatic N) is 1. The first-order chi connectivity index (χ1) is 34.3. The number of carbonyl (C=O) groups is 4. The van der Waals surface area contributed by atoms with Gasteiger partial charge in [0.25, 0.3) is 11.7 Å². The number of ketones is 2. The van der Waals surface area contributed by atoms with Crippen LogP contribution in [-0.4, -0.2) is 132 Å². The van der Waals surface area contributed by atoms with E-state index >= 15 is 0 Å². The molecule has 3 fully saturated rings. The van der Waals surface area contributed by atoms with Crippen LogP contribution in [0.25, 0.3) is 0 Å². The molecule has 1 unspecified atom stereocenters. The van der Waals surface area contributed by atoms with Crippen molar-refractivity contribution in [1.29, 1.82) is 0 Å². The number of aliphatic hydroxyl groups excluding tert-OH is 2. The van der Waals surface area contributed by atoms with Crippen molar-refractivity contribution in [1.82, 2.24) is 4.90 Å². The van der Waals surface area contributed by atoms with Crippen LogP contribution < -0.4 is 15.8 Å². The number of ether oxygens (including phenoxy) is 5. The van der Waals surface area contributed by atoms with Gasteiger partial charge in [0.1, 0.15) is 30.1 Å². The van der Waals surface area contributed by atoms with E-state index in [0.29, 0.717) is 88.6 Å². The molecule has 4 aliphatic rings. The van der Waals surface area contributed by atoms with E-state index in [9.17, 15) is 34.5 Å². The molecule has 2 saturated heterocycles. The van der Waals surface area contributed by atoms with Gasteiger partial charge in [-0.3, -0.25) is 14.4 Å². The maximum absolute atomic E-state index is 14.5. The Labute approximate surface area is 429 Å². The van der Waals surface area contributed by atoms with E-state index in [1.165, 1.54) is 12.0 Å². The van der Waals surface area contributed by atoms with E-state index in [4.69, 9.17) is 29.4 Å². The number of Topliss-reactive ketones (excluding diaryl/α,β-unsaturated/α-hetero) is 2. The number of methoxy groups -OCH3 is 2. The number of allylic oxidation sites excluding steroid dienone is 5. The molecule has 6 N–H and O–H groups in total. The van der Waals surface area contributed by atoms with Gasteiger partial charge in [-0.25, -0.2) is 4.79 Å². The predicted octanol–water partition coefficient (Wildman–Crippen LogP) is 7.56. The topological polar surface area (TPSA) is 216 Å². The molecule has 402 valence electrons. The Kier molecular flexibility index (Phi) is 22.7. The van der Waals surface area contributed by atoms with E-state index in [1.54, 1.807) is 27.0 Å². The van der Waals surface area contributed by atoms with Gasteiger partial charge in [0, 0.05) is 56.4 Å². The minimum Gasteiger partial charge on any atom is -0.494 e. The number of hydrogen-bond donors (Lipinski definition) is 5. The van der Waals surface area contributed by atoms with Crippen molar-refractivity contribution in [3.05, 3.63) is 71.9 Å². The molecule has 1 aromatic carbocycles. The van der Waals surface area contributed by atoms with Gasteiger partial charge >= 0.3 is 5.97 Å². The second kappa shape index (κ2) is 27.9. The summed E-state index contributed by atoms with van der Waals surface area (Å²) in [5.74, 6) is -5.75. The molecule has 3 heterocycles. The summed E-state index contributed by atoms with van der Waals surface area (Å²) in [7, 11) is 3.01. The number of nitrogens with two attached hydrogens (primary N) is 1. The number of carbonyl (C=O) groups excluding carboxylic acids is 4. The largest absolute Gasteiger partial charge is 0.494 e. The van der Waals surface area contributed by atoms with Gasteiger partial charge in [0.2, 0.25) is 5.79 Å². The van der Waals surface area contributed by atoms with Gasteiger partial charge in [-0.15, -0.1) is 0 Å². The number of amides is 1. The maximum atomic E-state index is 14.5. The number of rotatable bonds is 9. The van der Waals surface area contributed by atoms with Crippen molar-refractivity contribution in [2.75, 3.05) is 32.7 Å². The lowest BCUT2D eigenvalue weighted by atomic mass is 9.78. The molecule has 72 heavy (non-hydrogen) atoms. The predicted molar refractivity (Wildman–Crippen MR) is 278 cm³/mol. The quantitative estimate of drug-likeness (QED) is 0.0918. The Morgan fingerprint density at radius 3 is 2.39 bits per heavy atom. The summed E-state index contributed by atoms with van der Waals surface area (Å²) in [6.07, 6.45) is 13.8. The summed E-state index contributed by atoms with van der Waals surface area (Å²) >= 11 is 0. The third-order valence-electron chi connectivity index (χ3n) is 15.6. The van der Waals surface area contributed by atoms with Crippen molar-refractivity contribution in [2.45, 2.75) is 192 Å². The van der Waals surface area contributed by atoms with Crippen molar-refractivity contribution >= 4 is 29.1 Å². The zero-order chi connectivity index (χ0) is 52.7. The first-order valence-electron chi connectivity index (χ1n) is 26.7. The van der Waals surface area contributed by atoms with Crippen LogP contribution in [0.2, 0.25) is 0 Å². The van der Waals surface area contributed by atoms with E-state index in [1.807, 2.05) is 89.3 Å². The zero-order valence-corrected chi connectivity index (χ0v) is 44.5. The summed E-state index contributed by atoms with van der Waals surface area (Å²) in [6, 6.07) is 5.65. The van der Waals surface area contributed by atoms with Crippen LogP contribution in [-0.2, 0) is 38.1 Å². The highest BCUT2D eigenvalue weighted by atomic mass is 16.6. The minimum atomic E-state index is -2.43. The second-order valence-corrected chi connectivity index (χ2v) is 21.3. The highest BCUT2D eigenvalue weighted by molar-refractivity contribution is 6.39. The average molecular weight is 1010 g/mol. The number of aliphatic hydroxyl groups is 3. The lowest BCUT2D eigenvalue weighted by molar-refractivity contribution is -0.263. The third-order valence-corrected chi connectivity index (χ3v) is 15.6. The maximum Gasteiger partial charge on any atom is 0.329 e. The minimum absolute atomic E-state index is 0.0249. The Hall–Kier alpha value is -4.22. The van der Waals surface area contributed by atoms with Crippen LogP contribution in [0.5, 0.6) is 5.75 Å². The summed E-state index contributed by atoms with van der Waals surface area (Å²) in [5.41, 5.74) is 8.94. The van der Waals surface area contributed by atoms with Crippen molar-refractivity contribution in [2.24, 2.45) is 35.3 Å². The summed E-state index contributed by atoms with van der Waals surface area (Å²) in [5, 5.41) is 37.9. The molecule has 1 aromatic rings. The van der Waals surface area contributed by atoms with Gasteiger partial charge in [0.05, 0.1) is 24.9 Å². The van der Waals surface area contributed by atoms with Gasteiger partial charge in [-0.2, -0.15) is 0 Å². The number of benzene rings is 1. The van der Waals surface area contributed by atoms with Gasteiger partial charge in [-0.1, -0.05) is 75.8 Å². The molecule has 0 spiro atoms. The zero-order valence-electron chi connectivity index (χ0n) is 44.5. The van der Waals surface area contributed by atoms with Crippen LogP contribution in [0.3, 0.4) is 0 Å². The molecule has 15 heteroatoms. The molecular formula is C57H87N3O12. The first-order valence-corrected chi connectivity index (χ1v) is 26.7. The molecular weight excluding hydrogens is 919 g/mol. The van der Waals surface area contributed by atoms with Crippen LogP contribution in [0, 0.1) is 29.6 Å². The summed E-state index contributed by atoms with van der Waals surface area (Å²) in [6.45, 7) is 13.9. The summed E-state index contributed by atoms with van der Waals surface area (Å²) < 4.78 is 29.8. The first kappa shape index (κ1) is 58.7. The van der Waals surface area contributed by atoms with Crippen molar-refractivity contribution in [3.8, 4) is 5.75 Å². The number of hydrogen-bond acceptors (Lipinski definition) is 14. The van der Waals surface area contributed by atoms with E-state index < -0.39 is 77.9 Å². The van der Waals surface area contributed by atoms with Crippen molar-refractivity contribution in [3.63, 3.8) is 0 Å². The Morgan fingerprint density at radius 2 is 1.67 bits per heavy atom. The number of piperidine rings is 1. The van der Waals surface area contributed by atoms with Gasteiger partial charge < -0.3 is 55.0 Å². The van der Waals surface area contributed by atoms with Crippen LogP contribution in [0.15, 0.2) is 71.9 Å². The number of esters is 1. The molecule has 15 nitrogen and oxygen atoms in total. The monoisotopic (exact) mass is 1010 g/mol. The normalized spacial score (nSPS) is 37.5. The third kappa shape index (κ3) is 15.9. The number of anilines is 1. The fourth-order valence-electron chi connectivity index (χ4n) is 11.1. The van der Waals surface area contributed by atoms with Crippen LogP contribution in [0.1, 0.15) is 132 Å². The molecule has 2 bridgehead atoms. The molecule has 1 aliphatic carbocycles. The van der Waals surface area contributed by atoms with Gasteiger partial charge in [-0.05, 0) is 140 Å². The van der Waals surface area contributed by atoms with E-state index in [0.717, 1.165) is 17.7 Å². The Balaban J connectivity index is 1.49. The van der Waals surface area contributed by atoms with E-state index in [-0.39, 0.29) is 48.6 Å².